The Hall–Kier alpha value is -1.26. The van der Waals surface area contributed by atoms with Crippen LogP contribution in [0.5, 0.6) is 0 Å². The van der Waals surface area contributed by atoms with Gasteiger partial charge < -0.3 is 19.7 Å². The van der Waals surface area contributed by atoms with Gasteiger partial charge in [0.25, 0.3) is 0 Å². The summed E-state index contributed by atoms with van der Waals surface area (Å²) in [7, 11) is 1.78. The van der Waals surface area contributed by atoms with E-state index in [9.17, 15) is 0 Å². The molecule has 1 saturated carbocycles. The van der Waals surface area contributed by atoms with Gasteiger partial charge in [-0.05, 0) is 43.0 Å². The summed E-state index contributed by atoms with van der Waals surface area (Å²) in [6, 6.07) is 9.20. The maximum Gasteiger partial charge on any atom is 0.0666 e. The minimum atomic E-state index is 0.453. The highest BCUT2D eigenvalue weighted by molar-refractivity contribution is 5.55. The van der Waals surface area contributed by atoms with Crippen molar-refractivity contribution in [2.45, 2.75) is 18.9 Å². The molecule has 0 amide bonds. The molecule has 2 fully saturated rings. The molecular formula is C16H24N2O2. The third kappa shape index (κ3) is 3.44. The van der Waals surface area contributed by atoms with E-state index in [1.165, 1.54) is 24.2 Å². The van der Waals surface area contributed by atoms with Gasteiger partial charge in [0, 0.05) is 31.6 Å². The number of benzene rings is 1. The first kappa shape index (κ1) is 13.7. The molecule has 0 aromatic heterocycles. The van der Waals surface area contributed by atoms with Gasteiger partial charge in [-0.1, -0.05) is 0 Å². The van der Waals surface area contributed by atoms with Gasteiger partial charge in [-0.15, -0.1) is 0 Å². The summed E-state index contributed by atoms with van der Waals surface area (Å²) < 4.78 is 10.7. The van der Waals surface area contributed by atoms with E-state index in [1.54, 1.807) is 7.11 Å². The minimum Gasteiger partial charge on any atom is -0.383 e. The summed E-state index contributed by atoms with van der Waals surface area (Å²) in [5.74, 6) is 0.786. The van der Waals surface area contributed by atoms with E-state index in [1.807, 2.05) is 0 Å². The number of nitrogens with one attached hydrogen (secondary N) is 1. The van der Waals surface area contributed by atoms with Crippen LogP contribution in [0.3, 0.4) is 0 Å². The van der Waals surface area contributed by atoms with Crippen molar-refractivity contribution >= 4 is 11.4 Å². The summed E-state index contributed by atoms with van der Waals surface area (Å²) in [5, 5.41) is 3.60. The van der Waals surface area contributed by atoms with Crippen molar-refractivity contribution in [1.82, 2.24) is 0 Å². The van der Waals surface area contributed by atoms with Gasteiger partial charge in [0.05, 0.1) is 25.9 Å². The quantitative estimate of drug-likeness (QED) is 0.865. The molecule has 0 spiro atoms. The molecule has 1 atom stereocenters. The van der Waals surface area contributed by atoms with Crippen molar-refractivity contribution in [2.75, 3.05) is 50.2 Å². The fourth-order valence-corrected chi connectivity index (χ4v) is 2.78. The Balaban J connectivity index is 1.60. The number of hydrogen-bond donors (Lipinski definition) is 1. The zero-order chi connectivity index (χ0) is 13.8. The Bertz CT molecular complexity index is 411. The number of hydrogen-bond acceptors (Lipinski definition) is 4. The van der Waals surface area contributed by atoms with Crippen molar-refractivity contribution in [3.63, 3.8) is 0 Å². The predicted molar refractivity (Wildman–Crippen MR) is 81.5 cm³/mol. The second kappa shape index (κ2) is 6.46. The third-order valence-corrected chi connectivity index (χ3v) is 4.13. The standard InChI is InChI=1S/C16H24N2O2/c1-19-12-16(13-2-3-13)17-14-4-6-15(7-5-14)18-8-10-20-11-9-18/h4-7,13,16-17H,2-3,8-12H2,1H3. The molecule has 1 heterocycles. The monoisotopic (exact) mass is 276 g/mol. The Labute approximate surface area is 121 Å². The largest absolute Gasteiger partial charge is 0.383 e. The van der Waals surface area contributed by atoms with E-state index < -0.39 is 0 Å². The molecule has 2 aliphatic rings. The lowest BCUT2D eigenvalue weighted by molar-refractivity contribution is 0.122. The molecule has 1 saturated heterocycles. The van der Waals surface area contributed by atoms with E-state index in [2.05, 4.69) is 34.5 Å². The van der Waals surface area contributed by atoms with Crippen molar-refractivity contribution in [2.24, 2.45) is 5.92 Å². The van der Waals surface area contributed by atoms with Crippen LogP contribution in [-0.2, 0) is 9.47 Å². The van der Waals surface area contributed by atoms with Crippen molar-refractivity contribution in [3.05, 3.63) is 24.3 Å². The number of ether oxygens (including phenoxy) is 2. The third-order valence-electron chi connectivity index (χ3n) is 4.13. The van der Waals surface area contributed by atoms with E-state index in [0.717, 1.165) is 38.8 Å². The number of nitrogens with zero attached hydrogens (tertiary/aromatic N) is 1. The second-order valence-electron chi connectivity index (χ2n) is 5.69. The Morgan fingerprint density at radius 2 is 1.95 bits per heavy atom. The molecule has 0 radical (unpaired) electrons. The van der Waals surface area contributed by atoms with Crippen LogP contribution in [0.2, 0.25) is 0 Å². The second-order valence-corrected chi connectivity index (χ2v) is 5.69. The van der Waals surface area contributed by atoms with Gasteiger partial charge in [-0.25, -0.2) is 0 Å². The van der Waals surface area contributed by atoms with E-state index >= 15 is 0 Å². The molecule has 1 unspecified atom stereocenters. The normalized spacial score (nSPS) is 20.8. The molecule has 20 heavy (non-hydrogen) atoms. The highest BCUT2D eigenvalue weighted by atomic mass is 16.5. The zero-order valence-electron chi connectivity index (χ0n) is 12.2. The summed E-state index contributed by atoms with van der Waals surface area (Å²) in [6.07, 6.45) is 2.65. The van der Waals surface area contributed by atoms with E-state index in [-0.39, 0.29) is 0 Å². The lowest BCUT2D eigenvalue weighted by atomic mass is 10.1. The zero-order valence-corrected chi connectivity index (χ0v) is 12.2. The van der Waals surface area contributed by atoms with Crippen LogP contribution >= 0.6 is 0 Å². The number of anilines is 2. The van der Waals surface area contributed by atoms with Gasteiger partial charge >= 0.3 is 0 Å². The molecule has 4 heteroatoms. The smallest absolute Gasteiger partial charge is 0.0666 e. The lowest BCUT2D eigenvalue weighted by Gasteiger charge is -2.29. The van der Waals surface area contributed by atoms with Crippen molar-refractivity contribution in [3.8, 4) is 0 Å². The van der Waals surface area contributed by atoms with E-state index in [0.29, 0.717) is 6.04 Å². The van der Waals surface area contributed by atoms with Crippen LogP contribution < -0.4 is 10.2 Å². The number of methoxy groups -OCH3 is 1. The molecule has 1 aromatic carbocycles. The van der Waals surface area contributed by atoms with Crippen molar-refractivity contribution < 1.29 is 9.47 Å². The maximum absolute atomic E-state index is 5.39. The predicted octanol–water partition coefficient (Wildman–Crippen LogP) is 2.36. The lowest BCUT2D eigenvalue weighted by Crippen LogP contribution is -2.36. The topological polar surface area (TPSA) is 33.7 Å². The summed E-state index contributed by atoms with van der Waals surface area (Å²) in [4.78, 5) is 2.38. The molecule has 1 aromatic rings. The summed E-state index contributed by atoms with van der Waals surface area (Å²) in [6.45, 7) is 4.42. The Morgan fingerprint density at radius 3 is 2.55 bits per heavy atom. The molecule has 4 nitrogen and oxygen atoms in total. The molecule has 0 bridgehead atoms. The molecule has 1 aliphatic carbocycles. The molecule has 110 valence electrons. The molecule has 3 rings (SSSR count). The SMILES string of the molecule is COCC(Nc1ccc(N2CCOCC2)cc1)C1CC1. The van der Waals surface area contributed by atoms with Gasteiger partial charge in [0.15, 0.2) is 0 Å². The first-order valence-electron chi connectivity index (χ1n) is 7.55. The number of rotatable bonds is 6. The Morgan fingerprint density at radius 1 is 1.25 bits per heavy atom. The average Bonchev–Trinajstić information content (AvgIpc) is 3.33. The van der Waals surface area contributed by atoms with Crippen LogP contribution in [0.15, 0.2) is 24.3 Å². The molecule has 1 N–H and O–H groups in total. The van der Waals surface area contributed by atoms with Crippen molar-refractivity contribution in [1.29, 1.82) is 0 Å². The highest BCUT2D eigenvalue weighted by Crippen LogP contribution is 2.34. The van der Waals surface area contributed by atoms with E-state index in [4.69, 9.17) is 9.47 Å². The van der Waals surface area contributed by atoms with Gasteiger partial charge in [-0.2, -0.15) is 0 Å². The van der Waals surface area contributed by atoms with Gasteiger partial charge in [-0.3, -0.25) is 0 Å². The summed E-state index contributed by atoms with van der Waals surface area (Å²) >= 11 is 0. The molecular weight excluding hydrogens is 252 g/mol. The fraction of sp³-hybridized carbons (Fsp3) is 0.625. The molecule has 1 aliphatic heterocycles. The number of morpholine rings is 1. The van der Waals surface area contributed by atoms with Crippen LogP contribution in [0, 0.1) is 5.92 Å². The van der Waals surface area contributed by atoms with Gasteiger partial charge in [0.2, 0.25) is 0 Å². The first-order chi connectivity index (χ1) is 9.86. The summed E-state index contributed by atoms with van der Waals surface area (Å²) in [5.41, 5.74) is 2.48. The average molecular weight is 276 g/mol. The van der Waals surface area contributed by atoms with Crippen LogP contribution in [0.1, 0.15) is 12.8 Å². The van der Waals surface area contributed by atoms with Gasteiger partial charge in [0.1, 0.15) is 0 Å². The van der Waals surface area contributed by atoms with Crippen LogP contribution in [0.4, 0.5) is 11.4 Å². The fourth-order valence-electron chi connectivity index (χ4n) is 2.78. The highest BCUT2D eigenvalue weighted by Gasteiger charge is 2.31. The minimum absolute atomic E-state index is 0.453. The maximum atomic E-state index is 5.39. The first-order valence-corrected chi connectivity index (χ1v) is 7.55. The van der Waals surface area contributed by atoms with Crippen LogP contribution in [-0.4, -0.2) is 46.1 Å². The van der Waals surface area contributed by atoms with Crippen LogP contribution in [0.25, 0.3) is 0 Å². The Kier molecular flexibility index (Phi) is 4.43.